The Morgan fingerprint density at radius 1 is 0.818 bits per heavy atom. The van der Waals surface area contributed by atoms with Gasteiger partial charge in [0.15, 0.2) is 0 Å². The molecule has 3 rings (SSSR count). The van der Waals surface area contributed by atoms with Crippen LogP contribution in [-0.4, -0.2) is 25.2 Å². The molecule has 0 radical (unpaired) electrons. The fraction of sp³-hybridized carbons (Fsp3) is 0.167. The highest BCUT2D eigenvalue weighted by Gasteiger charge is 2.30. The van der Waals surface area contributed by atoms with Crippen molar-refractivity contribution >= 4 is 23.4 Å². The number of amides is 4. The number of hydrogen-bond acceptors (Lipinski definition) is 2. The molecule has 0 aliphatic carbocycles. The molecule has 3 N–H and O–H groups in total. The van der Waals surface area contributed by atoms with Crippen molar-refractivity contribution < 1.29 is 22.8 Å². The number of nitrogens with zero attached hydrogens (tertiary/aromatic N) is 1. The molecule has 0 saturated carbocycles. The maximum atomic E-state index is 13.0. The molecule has 0 aliphatic rings. The van der Waals surface area contributed by atoms with Crippen molar-refractivity contribution in [3.05, 3.63) is 96.1 Å². The van der Waals surface area contributed by atoms with E-state index in [9.17, 15) is 22.8 Å². The van der Waals surface area contributed by atoms with Gasteiger partial charge in [-0.3, -0.25) is 4.90 Å². The van der Waals surface area contributed by atoms with Gasteiger partial charge in [0.1, 0.15) is 0 Å². The quantitative estimate of drug-likeness (QED) is 0.455. The summed E-state index contributed by atoms with van der Waals surface area (Å²) >= 11 is 0. The van der Waals surface area contributed by atoms with Gasteiger partial charge >= 0.3 is 18.2 Å². The Balaban J connectivity index is 1.61. The summed E-state index contributed by atoms with van der Waals surface area (Å²) in [6, 6.07) is 21.4. The van der Waals surface area contributed by atoms with E-state index in [0.717, 1.165) is 17.7 Å². The van der Waals surface area contributed by atoms with Gasteiger partial charge in [-0.1, -0.05) is 54.6 Å². The molecule has 0 aliphatic heterocycles. The lowest BCUT2D eigenvalue weighted by Crippen LogP contribution is -2.43. The Morgan fingerprint density at radius 3 is 2.15 bits per heavy atom. The van der Waals surface area contributed by atoms with Crippen LogP contribution in [0.15, 0.2) is 84.9 Å². The second-order valence-corrected chi connectivity index (χ2v) is 7.09. The first-order valence-corrected chi connectivity index (χ1v) is 10.2. The minimum atomic E-state index is -4.52. The van der Waals surface area contributed by atoms with Crippen LogP contribution in [0.5, 0.6) is 0 Å². The largest absolute Gasteiger partial charge is 0.416 e. The van der Waals surface area contributed by atoms with Crippen LogP contribution >= 0.6 is 0 Å². The summed E-state index contributed by atoms with van der Waals surface area (Å²) in [5.41, 5.74) is 0.639. The van der Waals surface area contributed by atoms with Crippen LogP contribution in [0.25, 0.3) is 0 Å². The van der Waals surface area contributed by atoms with Gasteiger partial charge in [0.2, 0.25) is 0 Å². The number of anilines is 2. The van der Waals surface area contributed by atoms with Gasteiger partial charge in [0.25, 0.3) is 0 Å². The molecule has 172 valence electrons. The van der Waals surface area contributed by atoms with Crippen LogP contribution in [0.1, 0.15) is 11.1 Å². The Morgan fingerprint density at radius 2 is 1.48 bits per heavy atom. The van der Waals surface area contributed by atoms with E-state index in [1.54, 1.807) is 30.3 Å². The number of nitrogens with one attached hydrogen (secondary N) is 3. The van der Waals surface area contributed by atoms with E-state index in [1.165, 1.54) is 17.0 Å². The molecule has 0 unspecified atom stereocenters. The molecule has 0 fully saturated rings. The zero-order valence-corrected chi connectivity index (χ0v) is 17.6. The van der Waals surface area contributed by atoms with Gasteiger partial charge in [-0.2, -0.15) is 13.2 Å². The van der Waals surface area contributed by atoms with Crippen LogP contribution in [0.2, 0.25) is 0 Å². The number of hydrogen-bond donors (Lipinski definition) is 3. The van der Waals surface area contributed by atoms with E-state index in [2.05, 4.69) is 16.0 Å². The number of urea groups is 2. The average Bonchev–Trinajstić information content (AvgIpc) is 2.81. The summed E-state index contributed by atoms with van der Waals surface area (Å²) in [6.45, 7) is 0.587. The fourth-order valence-electron chi connectivity index (χ4n) is 3.04. The predicted molar refractivity (Wildman–Crippen MR) is 121 cm³/mol. The molecule has 6 nitrogen and oxygen atoms in total. The number of para-hydroxylation sites is 1. The van der Waals surface area contributed by atoms with Gasteiger partial charge in [-0.25, -0.2) is 9.59 Å². The van der Waals surface area contributed by atoms with E-state index in [1.807, 2.05) is 30.3 Å². The van der Waals surface area contributed by atoms with Gasteiger partial charge < -0.3 is 16.0 Å². The van der Waals surface area contributed by atoms with E-state index in [0.29, 0.717) is 12.2 Å². The molecule has 0 heterocycles. The molecule has 0 saturated heterocycles. The maximum Gasteiger partial charge on any atom is 0.416 e. The maximum absolute atomic E-state index is 13.0. The zero-order valence-electron chi connectivity index (χ0n) is 17.6. The van der Waals surface area contributed by atoms with Gasteiger partial charge in [-0.15, -0.1) is 0 Å². The Hall–Kier alpha value is -4.01. The molecule has 33 heavy (non-hydrogen) atoms. The third-order valence-corrected chi connectivity index (χ3v) is 4.67. The Labute approximate surface area is 189 Å². The average molecular weight is 456 g/mol. The molecule has 0 atom stereocenters. The van der Waals surface area contributed by atoms with Crippen molar-refractivity contribution in [3.8, 4) is 0 Å². The van der Waals surface area contributed by atoms with Crippen molar-refractivity contribution in [2.45, 2.75) is 12.7 Å². The topological polar surface area (TPSA) is 73.5 Å². The first-order valence-electron chi connectivity index (χ1n) is 10.2. The molecular weight excluding hydrogens is 433 g/mol. The number of benzene rings is 3. The summed E-state index contributed by atoms with van der Waals surface area (Å²) in [5.74, 6) is 0. The second kappa shape index (κ2) is 11.0. The molecule has 4 amide bonds. The monoisotopic (exact) mass is 456 g/mol. The minimum absolute atomic E-state index is 0.0179. The van der Waals surface area contributed by atoms with Gasteiger partial charge in [-0.05, 0) is 35.9 Å². The highest BCUT2D eigenvalue weighted by Crippen LogP contribution is 2.30. The Bertz CT molecular complexity index is 1060. The summed E-state index contributed by atoms with van der Waals surface area (Å²) in [6.07, 6.45) is -4.52. The smallest absolute Gasteiger partial charge is 0.336 e. The van der Waals surface area contributed by atoms with Crippen molar-refractivity contribution in [3.63, 3.8) is 0 Å². The Kier molecular flexibility index (Phi) is 7.91. The zero-order chi connectivity index (χ0) is 23.7. The van der Waals surface area contributed by atoms with Crippen molar-refractivity contribution in [1.82, 2.24) is 10.6 Å². The lowest BCUT2D eigenvalue weighted by atomic mass is 10.2. The van der Waals surface area contributed by atoms with Crippen LogP contribution in [0.3, 0.4) is 0 Å². The molecule has 0 aromatic heterocycles. The van der Waals surface area contributed by atoms with E-state index >= 15 is 0 Å². The van der Waals surface area contributed by atoms with E-state index < -0.39 is 23.8 Å². The summed E-state index contributed by atoms with van der Waals surface area (Å²) in [5, 5.41) is 7.90. The van der Waals surface area contributed by atoms with E-state index in [4.69, 9.17) is 0 Å². The van der Waals surface area contributed by atoms with Gasteiger partial charge in [0.05, 0.1) is 5.56 Å². The first-order chi connectivity index (χ1) is 15.8. The second-order valence-electron chi connectivity index (χ2n) is 7.09. The minimum Gasteiger partial charge on any atom is -0.336 e. The number of alkyl halides is 3. The normalized spacial score (nSPS) is 10.9. The third-order valence-electron chi connectivity index (χ3n) is 4.67. The SMILES string of the molecule is O=C(NCCN(C(=O)Nc1cccc(C(F)(F)F)c1)c1ccccc1)NCc1ccccc1. The number of carbonyl (C=O) groups is 2. The predicted octanol–water partition coefficient (Wildman–Crippen LogP) is 5.24. The molecule has 9 heteroatoms. The van der Waals surface area contributed by atoms with Crippen LogP contribution in [0, 0.1) is 0 Å². The molecule has 0 spiro atoms. The number of halogens is 3. The standard InChI is InChI=1S/C24H23F3N4O2/c25-24(26,27)19-10-7-11-20(16-19)30-23(33)31(21-12-5-2-6-13-21)15-14-28-22(32)29-17-18-8-3-1-4-9-18/h1-13,16H,14-15,17H2,(H,30,33)(H2,28,29,32). The fourth-order valence-corrected chi connectivity index (χ4v) is 3.04. The number of carbonyl (C=O) groups excluding carboxylic acids is 2. The summed E-state index contributed by atoms with van der Waals surface area (Å²) in [4.78, 5) is 26.3. The lowest BCUT2D eigenvalue weighted by Gasteiger charge is -2.24. The van der Waals surface area contributed by atoms with Crippen molar-refractivity contribution in [1.29, 1.82) is 0 Å². The van der Waals surface area contributed by atoms with Crippen molar-refractivity contribution in [2.75, 3.05) is 23.3 Å². The lowest BCUT2D eigenvalue weighted by molar-refractivity contribution is -0.137. The van der Waals surface area contributed by atoms with Crippen LogP contribution in [-0.2, 0) is 12.7 Å². The molecule has 3 aromatic carbocycles. The van der Waals surface area contributed by atoms with Crippen LogP contribution < -0.4 is 20.9 Å². The summed E-state index contributed by atoms with van der Waals surface area (Å²) < 4.78 is 38.9. The first kappa shape index (κ1) is 23.6. The van der Waals surface area contributed by atoms with E-state index in [-0.39, 0.29) is 18.8 Å². The van der Waals surface area contributed by atoms with Crippen molar-refractivity contribution in [2.24, 2.45) is 0 Å². The summed E-state index contributed by atoms with van der Waals surface area (Å²) in [7, 11) is 0. The highest BCUT2D eigenvalue weighted by atomic mass is 19.4. The molecular formula is C24H23F3N4O2. The number of rotatable bonds is 7. The molecule has 3 aromatic rings. The van der Waals surface area contributed by atoms with Crippen LogP contribution in [0.4, 0.5) is 34.1 Å². The highest BCUT2D eigenvalue weighted by molar-refractivity contribution is 6.01. The molecule has 0 bridgehead atoms. The van der Waals surface area contributed by atoms with Gasteiger partial charge in [0, 0.05) is 31.0 Å². The third kappa shape index (κ3) is 7.27.